The summed E-state index contributed by atoms with van der Waals surface area (Å²) in [6.07, 6.45) is 9.15. The highest BCUT2D eigenvalue weighted by Gasteiger charge is 2.48. The molecule has 1 heterocycles. The highest BCUT2D eigenvalue weighted by Crippen LogP contribution is 2.52. The standard InChI is InChI=1S/C18H25B/c1-7-14-9-10-16(15(8-2)11-14)19-12-17(3,4)18(5,6)13-19/h1,9-11H,8,12-13H2,2-6H3. The molecule has 1 aliphatic heterocycles. The Labute approximate surface area is 119 Å². The fourth-order valence-corrected chi connectivity index (χ4v) is 3.48. The van der Waals surface area contributed by atoms with Crippen molar-refractivity contribution in [2.75, 3.05) is 0 Å². The second-order valence-corrected chi connectivity index (χ2v) is 7.28. The fraction of sp³-hybridized carbons (Fsp3) is 0.556. The lowest BCUT2D eigenvalue weighted by Crippen LogP contribution is -2.31. The van der Waals surface area contributed by atoms with E-state index in [0.29, 0.717) is 17.5 Å². The molecule has 1 fully saturated rings. The number of hydrogen-bond acceptors (Lipinski definition) is 0. The molecular weight excluding hydrogens is 227 g/mol. The molecule has 0 saturated carbocycles. The Morgan fingerprint density at radius 2 is 1.74 bits per heavy atom. The maximum Gasteiger partial charge on any atom is 0.177 e. The van der Waals surface area contributed by atoms with Gasteiger partial charge < -0.3 is 0 Å². The molecule has 2 rings (SSSR count). The van der Waals surface area contributed by atoms with Crippen LogP contribution >= 0.6 is 0 Å². The van der Waals surface area contributed by atoms with Gasteiger partial charge in [0.1, 0.15) is 0 Å². The van der Waals surface area contributed by atoms with Gasteiger partial charge in [0.2, 0.25) is 0 Å². The van der Waals surface area contributed by atoms with E-state index in [0.717, 1.165) is 12.0 Å². The van der Waals surface area contributed by atoms with E-state index in [1.807, 2.05) is 0 Å². The average molecular weight is 252 g/mol. The predicted molar refractivity (Wildman–Crippen MR) is 86.3 cm³/mol. The molecule has 1 saturated heterocycles. The van der Waals surface area contributed by atoms with Gasteiger partial charge in [-0.1, -0.05) is 70.3 Å². The minimum atomic E-state index is 0.410. The van der Waals surface area contributed by atoms with Gasteiger partial charge in [-0.3, -0.25) is 0 Å². The molecule has 0 N–H and O–H groups in total. The van der Waals surface area contributed by atoms with E-state index in [2.05, 4.69) is 58.7 Å². The van der Waals surface area contributed by atoms with Crippen LogP contribution in [0.2, 0.25) is 12.6 Å². The van der Waals surface area contributed by atoms with Crippen LogP contribution in [-0.2, 0) is 6.42 Å². The van der Waals surface area contributed by atoms with Crippen LogP contribution in [0.1, 0.15) is 45.7 Å². The molecule has 0 nitrogen and oxygen atoms in total. The molecule has 0 bridgehead atoms. The minimum absolute atomic E-state index is 0.410. The van der Waals surface area contributed by atoms with Crippen LogP contribution in [0.4, 0.5) is 0 Å². The van der Waals surface area contributed by atoms with Crippen LogP contribution in [0.5, 0.6) is 0 Å². The van der Waals surface area contributed by atoms with Gasteiger partial charge in [0.05, 0.1) is 0 Å². The summed E-state index contributed by atoms with van der Waals surface area (Å²) in [5.74, 6) is 2.75. The van der Waals surface area contributed by atoms with Gasteiger partial charge in [-0.2, -0.15) is 0 Å². The van der Waals surface area contributed by atoms with Gasteiger partial charge in [0, 0.05) is 5.56 Å². The number of rotatable bonds is 2. The Hall–Kier alpha value is -1.16. The molecule has 0 spiro atoms. The molecule has 0 radical (unpaired) electrons. The van der Waals surface area contributed by atoms with Crippen LogP contribution in [0.3, 0.4) is 0 Å². The molecular formula is C18H25B. The van der Waals surface area contributed by atoms with E-state index < -0.39 is 0 Å². The van der Waals surface area contributed by atoms with Crippen molar-refractivity contribution in [2.45, 2.75) is 53.7 Å². The summed E-state index contributed by atoms with van der Waals surface area (Å²) in [6, 6.07) is 6.58. The lowest BCUT2D eigenvalue weighted by atomic mass is 9.41. The Morgan fingerprint density at radius 3 is 2.21 bits per heavy atom. The molecule has 1 heteroatoms. The molecule has 0 amide bonds. The summed E-state index contributed by atoms with van der Waals surface area (Å²) in [5, 5.41) is 0. The summed E-state index contributed by atoms with van der Waals surface area (Å²) in [5.41, 5.74) is 4.80. The van der Waals surface area contributed by atoms with Crippen molar-refractivity contribution in [3.63, 3.8) is 0 Å². The maximum atomic E-state index is 5.51. The molecule has 0 aliphatic carbocycles. The Kier molecular flexibility index (Phi) is 3.56. The topological polar surface area (TPSA) is 0 Å². The van der Waals surface area contributed by atoms with Crippen LogP contribution in [0.25, 0.3) is 0 Å². The molecule has 1 aliphatic rings. The fourth-order valence-electron chi connectivity index (χ4n) is 3.48. The SMILES string of the molecule is C#Cc1ccc(B2CC(C)(C)C(C)(C)C2)c(CC)c1. The van der Waals surface area contributed by atoms with E-state index in [-0.39, 0.29) is 0 Å². The summed E-state index contributed by atoms with van der Waals surface area (Å²) < 4.78 is 0. The summed E-state index contributed by atoms with van der Waals surface area (Å²) in [7, 11) is 0. The number of terminal acetylenes is 1. The van der Waals surface area contributed by atoms with Gasteiger partial charge >= 0.3 is 0 Å². The molecule has 100 valence electrons. The first-order valence-electron chi connectivity index (χ1n) is 7.40. The van der Waals surface area contributed by atoms with E-state index in [1.54, 1.807) is 0 Å². The third-order valence-electron chi connectivity index (χ3n) is 5.48. The second kappa shape index (κ2) is 4.75. The number of benzene rings is 1. The van der Waals surface area contributed by atoms with Crippen molar-refractivity contribution in [3.8, 4) is 12.3 Å². The molecule has 19 heavy (non-hydrogen) atoms. The molecule has 1 aromatic carbocycles. The van der Waals surface area contributed by atoms with E-state index in [1.165, 1.54) is 23.7 Å². The second-order valence-electron chi connectivity index (χ2n) is 7.28. The van der Waals surface area contributed by atoms with Gasteiger partial charge in [0.15, 0.2) is 6.71 Å². The van der Waals surface area contributed by atoms with Gasteiger partial charge in [-0.25, -0.2) is 0 Å². The lowest BCUT2D eigenvalue weighted by Gasteiger charge is -2.35. The van der Waals surface area contributed by atoms with Crippen molar-refractivity contribution in [3.05, 3.63) is 29.3 Å². The third kappa shape index (κ3) is 2.46. The highest BCUT2D eigenvalue weighted by molar-refractivity contribution is 6.74. The van der Waals surface area contributed by atoms with Crippen LogP contribution in [0.15, 0.2) is 18.2 Å². The first-order valence-corrected chi connectivity index (χ1v) is 7.40. The van der Waals surface area contributed by atoms with Crippen LogP contribution < -0.4 is 5.46 Å². The van der Waals surface area contributed by atoms with E-state index in [9.17, 15) is 0 Å². The third-order valence-corrected chi connectivity index (χ3v) is 5.48. The summed E-state index contributed by atoms with van der Waals surface area (Å²) in [6.45, 7) is 12.6. The zero-order valence-electron chi connectivity index (χ0n) is 13.0. The van der Waals surface area contributed by atoms with Crippen molar-refractivity contribution >= 4 is 12.2 Å². The first kappa shape index (κ1) is 14.3. The van der Waals surface area contributed by atoms with Gasteiger partial charge in [-0.05, 0) is 29.4 Å². The van der Waals surface area contributed by atoms with Crippen LogP contribution in [0, 0.1) is 23.2 Å². The number of aryl methyl sites for hydroxylation is 1. The maximum absolute atomic E-state index is 5.51. The predicted octanol–water partition coefficient (Wildman–Crippen LogP) is 4.00. The minimum Gasteiger partial charge on any atom is -0.115 e. The Bertz CT molecular complexity index is 501. The lowest BCUT2D eigenvalue weighted by molar-refractivity contribution is 0.177. The number of hydrogen-bond donors (Lipinski definition) is 0. The Balaban J connectivity index is 2.37. The van der Waals surface area contributed by atoms with Crippen molar-refractivity contribution in [1.82, 2.24) is 0 Å². The van der Waals surface area contributed by atoms with Gasteiger partial charge in [-0.15, -0.1) is 6.42 Å². The molecule has 0 aromatic heterocycles. The molecule has 1 aromatic rings. The highest BCUT2D eigenvalue weighted by atomic mass is 14.4. The molecule has 0 atom stereocenters. The van der Waals surface area contributed by atoms with E-state index in [4.69, 9.17) is 6.42 Å². The smallest absolute Gasteiger partial charge is 0.115 e. The monoisotopic (exact) mass is 252 g/mol. The average Bonchev–Trinajstić information content (AvgIpc) is 2.57. The first-order chi connectivity index (χ1) is 8.80. The summed E-state index contributed by atoms with van der Waals surface area (Å²) >= 11 is 0. The van der Waals surface area contributed by atoms with Crippen molar-refractivity contribution < 1.29 is 0 Å². The summed E-state index contributed by atoms with van der Waals surface area (Å²) in [4.78, 5) is 0. The zero-order chi connectivity index (χ0) is 14.3. The normalized spacial score (nSPS) is 20.3. The Morgan fingerprint density at radius 1 is 1.16 bits per heavy atom. The molecule has 0 unspecified atom stereocenters. The largest absolute Gasteiger partial charge is 0.177 e. The van der Waals surface area contributed by atoms with Crippen molar-refractivity contribution in [2.24, 2.45) is 10.8 Å². The zero-order valence-corrected chi connectivity index (χ0v) is 13.0. The van der Waals surface area contributed by atoms with Crippen molar-refractivity contribution in [1.29, 1.82) is 0 Å². The van der Waals surface area contributed by atoms with Gasteiger partial charge in [0.25, 0.3) is 0 Å². The van der Waals surface area contributed by atoms with Crippen LogP contribution in [-0.4, -0.2) is 6.71 Å². The van der Waals surface area contributed by atoms with E-state index >= 15 is 0 Å². The quantitative estimate of drug-likeness (QED) is 0.551.